The number of phenolic OH excluding ortho intramolecular Hbond substituents is 1. The van der Waals surface area contributed by atoms with E-state index in [9.17, 15) is 13.5 Å². The number of aryl methyl sites for hydroxylation is 1. The van der Waals surface area contributed by atoms with Crippen LogP contribution < -0.4 is 4.72 Å². The quantitative estimate of drug-likeness (QED) is 0.848. The van der Waals surface area contributed by atoms with E-state index in [-0.39, 0.29) is 21.9 Å². The number of benzene rings is 2. The molecule has 0 saturated carbocycles. The molecule has 0 saturated heterocycles. The van der Waals surface area contributed by atoms with E-state index in [4.69, 9.17) is 5.26 Å². The zero-order chi connectivity index (χ0) is 14.8. The number of hydrogen-bond acceptors (Lipinski definition) is 4. The summed E-state index contributed by atoms with van der Waals surface area (Å²) >= 11 is 0. The van der Waals surface area contributed by atoms with Gasteiger partial charge in [-0.05, 0) is 36.8 Å². The van der Waals surface area contributed by atoms with Crippen molar-refractivity contribution in [1.82, 2.24) is 0 Å². The molecule has 2 aromatic carbocycles. The highest BCUT2D eigenvalue weighted by molar-refractivity contribution is 7.92. The van der Waals surface area contributed by atoms with E-state index < -0.39 is 10.0 Å². The van der Waals surface area contributed by atoms with E-state index in [0.717, 1.165) is 0 Å². The minimum absolute atomic E-state index is 0.0285. The lowest BCUT2D eigenvalue weighted by molar-refractivity contribution is 0.477. The minimum Gasteiger partial charge on any atom is -0.506 e. The average Bonchev–Trinajstić information content (AvgIpc) is 2.43. The summed E-state index contributed by atoms with van der Waals surface area (Å²) in [6.45, 7) is 1.68. The topological polar surface area (TPSA) is 90.2 Å². The molecule has 5 nitrogen and oxygen atoms in total. The van der Waals surface area contributed by atoms with Gasteiger partial charge in [-0.3, -0.25) is 4.72 Å². The normalized spacial score (nSPS) is 10.8. The molecule has 2 aromatic rings. The number of hydrogen-bond donors (Lipinski definition) is 2. The van der Waals surface area contributed by atoms with E-state index >= 15 is 0 Å². The van der Waals surface area contributed by atoms with Gasteiger partial charge in [0, 0.05) is 0 Å². The molecule has 0 heterocycles. The molecule has 0 aromatic heterocycles. The SMILES string of the molecule is Cc1cccc(O)c1NS(=O)(=O)c1cccc(C#N)c1. The lowest BCUT2D eigenvalue weighted by atomic mass is 10.2. The fraction of sp³-hybridized carbons (Fsp3) is 0.0714. The highest BCUT2D eigenvalue weighted by Gasteiger charge is 2.17. The number of nitriles is 1. The second-order valence-electron chi connectivity index (χ2n) is 4.21. The van der Waals surface area contributed by atoms with Crippen LogP contribution >= 0.6 is 0 Å². The van der Waals surface area contributed by atoms with E-state index in [2.05, 4.69) is 4.72 Å². The maximum atomic E-state index is 12.2. The second-order valence-corrected chi connectivity index (χ2v) is 5.90. The average molecular weight is 288 g/mol. The van der Waals surface area contributed by atoms with Gasteiger partial charge in [0.2, 0.25) is 0 Å². The molecular formula is C14H12N2O3S. The van der Waals surface area contributed by atoms with Crippen molar-refractivity contribution in [3.05, 3.63) is 53.6 Å². The highest BCUT2D eigenvalue weighted by Crippen LogP contribution is 2.29. The summed E-state index contributed by atoms with van der Waals surface area (Å²) in [5.41, 5.74) is 0.988. The molecule has 0 atom stereocenters. The van der Waals surface area contributed by atoms with Crippen LogP contribution in [0.15, 0.2) is 47.4 Å². The number of nitrogens with zero attached hydrogens (tertiary/aromatic N) is 1. The van der Waals surface area contributed by atoms with Gasteiger partial charge < -0.3 is 5.11 Å². The van der Waals surface area contributed by atoms with Gasteiger partial charge in [-0.15, -0.1) is 0 Å². The Morgan fingerprint density at radius 3 is 2.55 bits per heavy atom. The van der Waals surface area contributed by atoms with Crippen molar-refractivity contribution < 1.29 is 13.5 Å². The zero-order valence-corrected chi connectivity index (χ0v) is 11.5. The number of rotatable bonds is 3. The summed E-state index contributed by atoms with van der Waals surface area (Å²) < 4.78 is 26.8. The molecule has 2 N–H and O–H groups in total. The Labute approximate surface area is 117 Å². The molecular weight excluding hydrogens is 276 g/mol. The van der Waals surface area contributed by atoms with Gasteiger partial charge in [0.05, 0.1) is 22.2 Å². The van der Waals surface area contributed by atoms with Crippen LogP contribution in [-0.4, -0.2) is 13.5 Å². The fourth-order valence-corrected chi connectivity index (χ4v) is 2.90. The molecule has 0 unspecified atom stereocenters. The summed E-state index contributed by atoms with van der Waals surface area (Å²) in [6, 6.07) is 12.3. The third-order valence-electron chi connectivity index (χ3n) is 2.76. The zero-order valence-electron chi connectivity index (χ0n) is 10.7. The molecule has 0 aliphatic rings. The molecule has 0 amide bonds. The molecule has 0 spiro atoms. The first-order chi connectivity index (χ1) is 9.44. The predicted molar refractivity (Wildman–Crippen MR) is 74.8 cm³/mol. The second kappa shape index (κ2) is 5.23. The number of phenols is 1. The van der Waals surface area contributed by atoms with Crippen molar-refractivity contribution in [2.24, 2.45) is 0 Å². The summed E-state index contributed by atoms with van der Waals surface area (Å²) in [7, 11) is -3.85. The van der Waals surface area contributed by atoms with Crippen molar-refractivity contribution in [3.63, 3.8) is 0 Å². The molecule has 2 rings (SSSR count). The lowest BCUT2D eigenvalue weighted by Crippen LogP contribution is -2.14. The van der Waals surface area contributed by atoms with E-state index in [1.54, 1.807) is 19.1 Å². The molecule has 0 fully saturated rings. The number of sulfonamides is 1. The van der Waals surface area contributed by atoms with Crippen molar-refractivity contribution >= 4 is 15.7 Å². The van der Waals surface area contributed by atoms with Gasteiger partial charge in [-0.2, -0.15) is 5.26 Å². The molecule has 0 aliphatic carbocycles. The summed E-state index contributed by atoms with van der Waals surface area (Å²) in [6.07, 6.45) is 0. The van der Waals surface area contributed by atoms with Crippen LogP contribution in [0.4, 0.5) is 5.69 Å². The standard InChI is InChI=1S/C14H12N2O3S/c1-10-4-2-7-13(17)14(10)16-20(18,19)12-6-3-5-11(8-12)9-15/h2-8,16-17H,1H3. The predicted octanol–water partition coefficient (Wildman–Crippen LogP) is 2.37. The first-order valence-electron chi connectivity index (χ1n) is 5.75. The Hall–Kier alpha value is -2.52. The third kappa shape index (κ3) is 2.73. The Kier molecular flexibility index (Phi) is 3.63. The van der Waals surface area contributed by atoms with Gasteiger partial charge in [0.15, 0.2) is 0 Å². The number of aromatic hydroxyl groups is 1. The number of nitrogens with one attached hydrogen (secondary N) is 1. The smallest absolute Gasteiger partial charge is 0.262 e. The van der Waals surface area contributed by atoms with Crippen LogP contribution in [0.25, 0.3) is 0 Å². The van der Waals surface area contributed by atoms with Gasteiger partial charge in [0.25, 0.3) is 10.0 Å². The summed E-state index contributed by atoms with van der Waals surface area (Å²) in [5, 5.41) is 18.5. The largest absolute Gasteiger partial charge is 0.506 e. The lowest BCUT2D eigenvalue weighted by Gasteiger charge is -2.12. The third-order valence-corrected chi connectivity index (χ3v) is 4.11. The fourth-order valence-electron chi connectivity index (χ4n) is 1.71. The molecule has 0 bridgehead atoms. The Morgan fingerprint density at radius 1 is 1.20 bits per heavy atom. The molecule has 0 radical (unpaired) electrons. The van der Waals surface area contributed by atoms with Gasteiger partial charge in [-0.1, -0.05) is 18.2 Å². The van der Waals surface area contributed by atoms with Crippen molar-refractivity contribution in [2.75, 3.05) is 4.72 Å². The first kappa shape index (κ1) is 13.9. The van der Waals surface area contributed by atoms with Gasteiger partial charge in [0.1, 0.15) is 5.75 Å². The van der Waals surface area contributed by atoms with Crippen LogP contribution in [0.2, 0.25) is 0 Å². The monoisotopic (exact) mass is 288 g/mol. The van der Waals surface area contributed by atoms with Crippen LogP contribution in [0.3, 0.4) is 0 Å². The van der Waals surface area contributed by atoms with Gasteiger partial charge in [-0.25, -0.2) is 8.42 Å². The number of anilines is 1. The first-order valence-corrected chi connectivity index (χ1v) is 7.24. The van der Waals surface area contributed by atoms with Crippen molar-refractivity contribution in [3.8, 4) is 11.8 Å². The van der Waals surface area contributed by atoms with E-state index in [1.807, 2.05) is 6.07 Å². The molecule has 102 valence electrons. The summed E-state index contributed by atoms with van der Waals surface area (Å²) in [4.78, 5) is -0.0285. The number of para-hydroxylation sites is 1. The Balaban J connectivity index is 2.44. The van der Waals surface area contributed by atoms with Crippen LogP contribution in [-0.2, 0) is 10.0 Å². The van der Waals surface area contributed by atoms with Crippen LogP contribution in [0.1, 0.15) is 11.1 Å². The maximum Gasteiger partial charge on any atom is 0.262 e. The van der Waals surface area contributed by atoms with Crippen molar-refractivity contribution in [1.29, 1.82) is 5.26 Å². The van der Waals surface area contributed by atoms with Crippen LogP contribution in [0, 0.1) is 18.3 Å². The maximum absolute atomic E-state index is 12.2. The van der Waals surface area contributed by atoms with Gasteiger partial charge >= 0.3 is 0 Å². The minimum atomic E-state index is -3.85. The molecule has 6 heteroatoms. The summed E-state index contributed by atoms with van der Waals surface area (Å²) in [5.74, 6) is -0.148. The highest BCUT2D eigenvalue weighted by atomic mass is 32.2. The van der Waals surface area contributed by atoms with Crippen LogP contribution in [0.5, 0.6) is 5.75 Å². The molecule has 0 aliphatic heterocycles. The van der Waals surface area contributed by atoms with E-state index in [0.29, 0.717) is 5.56 Å². The Morgan fingerprint density at radius 2 is 1.90 bits per heavy atom. The molecule has 20 heavy (non-hydrogen) atoms. The van der Waals surface area contributed by atoms with Crippen molar-refractivity contribution in [2.45, 2.75) is 11.8 Å². The van der Waals surface area contributed by atoms with E-state index in [1.165, 1.54) is 30.3 Å². The Bertz CT molecular complexity index is 772.